The number of likely N-dealkylation sites (tertiary alicyclic amines) is 1. The summed E-state index contributed by atoms with van der Waals surface area (Å²) < 4.78 is 5.34. The number of hydrogen-bond donors (Lipinski definition) is 0. The Morgan fingerprint density at radius 2 is 2.08 bits per heavy atom. The molecule has 1 aliphatic heterocycles. The third kappa shape index (κ3) is 3.76. The van der Waals surface area contributed by atoms with Crippen molar-refractivity contribution >= 4 is 29.0 Å². The molecule has 1 unspecified atom stereocenters. The largest absolute Gasteiger partial charge is 0.445 e. The van der Waals surface area contributed by atoms with Gasteiger partial charge in [-0.1, -0.05) is 30.3 Å². The summed E-state index contributed by atoms with van der Waals surface area (Å²) in [4.78, 5) is 28.0. The number of benzene rings is 1. The van der Waals surface area contributed by atoms with Gasteiger partial charge in [-0.15, -0.1) is 0 Å². The predicted molar refractivity (Wildman–Crippen MR) is 94.0 cm³/mol. The molecule has 24 heavy (non-hydrogen) atoms. The fraction of sp³-hybridized carbons (Fsp3) is 0.333. The normalized spacial score (nSPS) is 16.9. The number of nitrogens with zero attached hydrogens (tertiary/aromatic N) is 2. The fourth-order valence-electron chi connectivity index (χ4n) is 2.79. The van der Waals surface area contributed by atoms with E-state index in [1.54, 1.807) is 28.2 Å². The van der Waals surface area contributed by atoms with Crippen LogP contribution in [0.4, 0.5) is 10.5 Å². The molecular weight excluding hydrogens is 324 g/mol. The van der Waals surface area contributed by atoms with Gasteiger partial charge in [0.15, 0.2) is 0 Å². The zero-order chi connectivity index (χ0) is 16.9. The highest BCUT2D eigenvalue weighted by molar-refractivity contribution is 7.08. The molecule has 126 valence electrons. The maximum atomic E-state index is 12.5. The van der Waals surface area contributed by atoms with Crippen LogP contribution in [0, 0.1) is 5.92 Å². The van der Waals surface area contributed by atoms with Crippen LogP contribution in [0.3, 0.4) is 0 Å². The number of rotatable bonds is 4. The van der Waals surface area contributed by atoms with E-state index in [1.807, 2.05) is 47.2 Å². The van der Waals surface area contributed by atoms with Gasteiger partial charge in [-0.25, -0.2) is 4.79 Å². The monoisotopic (exact) mass is 344 g/mol. The summed E-state index contributed by atoms with van der Waals surface area (Å²) in [6.07, 6.45) is 0.320. The predicted octanol–water partition coefficient (Wildman–Crippen LogP) is 3.37. The fourth-order valence-corrected chi connectivity index (χ4v) is 3.46. The van der Waals surface area contributed by atoms with Gasteiger partial charge in [0.25, 0.3) is 0 Å². The lowest BCUT2D eigenvalue weighted by Gasteiger charge is -2.20. The number of ether oxygens (including phenoxy) is 1. The first-order valence-electron chi connectivity index (χ1n) is 7.90. The van der Waals surface area contributed by atoms with Crippen LogP contribution < -0.4 is 4.90 Å². The number of carbonyl (C=O) groups is 2. The maximum absolute atomic E-state index is 12.5. The van der Waals surface area contributed by atoms with Gasteiger partial charge in [0.1, 0.15) is 6.61 Å². The van der Waals surface area contributed by atoms with Crippen molar-refractivity contribution in [1.29, 1.82) is 0 Å². The SMILES string of the molecule is CN(C(=O)C1CCN(C(=O)OCc2ccccc2)C1)c1ccsc1. The van der Waals surface area contributed by atoms with Crippen molar-refractivity contribution in [2.75, 3.05) is 25.0 Å². The van der Waals surface area contributed by atoms with E-state index < -0.39 is 0 Å². The van der Waals surface area contributed by atoms with Gasteiger partial charge in [-0.3, -0.25) is 4.79 Å². The number of thiophene rings is 1. The molecule has 1 aromatic heterocycles. The highest BCUT2D eigenvalue weighted by Crippen LogP contribution is 2.24. The Kier molecular flexibility index (Phi) is 5.15. The van der Waals surface area contributed by atoms with Crippen LogP contribution in [0.5, 0.6) is 0 Å². The molecule has 1 fully saturated rings. The van der Waals surface area contributed by atoms with Crippen LogP contribution in [0.25, 0.3) is 0 Å². The van der Waals surface area contributed by atoms with E-state index >= 15 is 0 Å². The van der Waals surface area contributed by atoms with Crippen molar-refractivity contribution in [2.24, 2.45) is 5.92 Å². The quantitative estimate of drug-likeness (QED) is 0.854. The van der Waals surface area contributed by atoms with Gasteiger partial charge in [0.05, 0.1) is 11.6 Å². The van der Waals surface area contributed by atoms with Gasteiger partial charge in [0.2, 0.25) is 5.91 Å². The zero-order valence-corrected chi connectivity index (χ0v) is 14.4. The van der Waals surface area contributed by atoms with Crippen LogP contribution in [0.2, 0.25) is 0 Å². The molecule has 0 radical (unpaired) electrons. The first-order valence-corrected chi connectivity index (χ1v) is 8.85. The van der Waals surface area contributed by atoms with E-state index in [1.165, 1.54) is 0 Å². The van der Waals surface area contributed by atoms with E-state index in [0.717, 1.165) is 11.3 Å². The molecule has 5 nitrogen and oxygen atoms in total. The minimum atomic E-state index is -0.354. The minimum absolute atomic E-state index is 0.0479. The smallest absolute Gasteiger partial charge is 0.410 e. The van der Waals surface area contributed by atoms with Gasteiger partial charge < -0.3 is 14.5 Å². The van der Waals surface area contributed by atoms with Gasteiger partial charge >= 0.3 is 6.09 Å². The zero-order valence-electron chi connectivity index (χ0n) is 13.6. The van der Waals surface area contributed by atoms with Crippen LogP contribution in [0.1, 0.15) is 12.0 Å². The van der Waals surface area contributed by atoms with E-state index in [0.29, 0.717) is 19.5 Å². The molecule has 0 aliphatic carbocycles. The summed E-state index contributed by atoms with van der Waals surface area (Å²) >= 11 is 1.56. The number of amides is 2. The Labute approximate surface area is 145 Å². The Morgan fingerprint density at radius 1 is 1.29 bits per heavy atom. The second kappa shape index (κ2) is 7.49. The first-order chi connectivity index (χ1) is 11.6. The highest BCUT2D eigenvalue weighted by atomic mass is 32.1. The summed E-state index contributed by atoms with van der Waals surface area (Å²) in [7, 11) is 1.78. The molecule has 2 amide bonds. The molecule has 1 aliphatic rings. The minimum Gasteiger partial charge on any atom is -0.445 e. The van der Waals surface area contributed by atoms with Gasteiger partial charge in [-0.05, 0) is 23.4 Å². The van der Waals surface area contributed by atoms with Crippen LogP contribution in [-0.2, 0) is 16.1 Å². The van der Waals surface area contributed by atoms with Crippen molar-refractivity contribution in [2.45, 2.75) is 13.0 Å². The molecule has 1 saturated heterocycles. The second-order valence-electron chi connectivity index (χ2n) is 5.85. The molecule has 1 aromatic carbocycles. The molecule has 3 rings (SSSR count). The number of hydrogen-bond acceptors (Lipinski definition) is 4. The van der Waals surface area contributed by atoms with E-state index in [4.69, 9.17) is 4.74 Å². The average Bonchev–Trinajstić information content (AvgIpc) is 3.31. The molecule has 0 spiro atoms. The van der Waals surface area contributed by atoms with Gasteiger partial charge in [0, 0.05) is 25.5 Å². The van der Waals surface area contributed by atoms with Crippen molar-refractivity contribution in [3.8, 4) is 0 Å². The molecule has 0 saturated carbocycles. The van der Waals surface area contributed by atoms with E-state index in [2.05, 4.69) is 0 Å². The number of anilines is 1. The molecular formula is C18H20N2O3S. The van der Waals surface area contributed by atoms with Crippen molar-refractivity contribution in [1.82, 2.24) is 4.90 Å². The summed E-state index contributed by atoms with van der Waals surface area (Å²) in [5.74, 6) is -0.120. The number of carbonyl (C=O) groups excluding carboxylic acids is 2. The summed E-state index contributed by atoms with van der Waals surface area (Å²) in [5.41, 5.74) is 1.85. The molecule has 1 atom stereocenters. The second-order valence-corrected chi connectivity index (χ2v) is 6.63. The Balaban J connectivity index is 1.51. The lowest BCUT2D eigenvalue weighted by Crippen LogP contribution is -2.36. The summed E-state index contributed by atoms with van der Waals surface area (Å²) in [6.45, 7) is 1.23. The molecule has 2 aromatic rings. The van der Waals surface area contributed by atoms with Crippen LogP contribution in [-0.4, -0.2) is 37.0 Å². The molecule has 0 bridgehead atoms. The van der Waals surface area contributed by atoms with Crippen LogP contribution in [0.15, 0.2) is 47.2 Å². The third-order valence-corrected chi connectivity index (χ3v) is 4.90. The van der Waals surface area contributed by atoms with E-state index in [-0.39, 0.29) is 24.5 Å². The van der Waals surface area contributed by atoms with Crippen molar-refractivity contribution in [3.05, 3.63) is 52.7 Å². The third-order valence-electron chi connectivity index (χ3n) is 4.22. The lowest BCUT2D eigenvalue weighted by molar-refractivity contribution is -0.121. The average molecular weight is 344 g/mol. The van der Waals surface area contributed by atoms with Gasteiger partial charge in [-0.2, -0.15) is 11.3 Å². The maximum Gasteiger partial charge on any atom is 0.410 e. The Hall–Kier alpha value is -2.34. The highest BCUT2D eigenvalue weighted by Gasteiger charge is 2.33. The summed E-state index contributed by atoms with van der Waals surface area (Å²) in [6, 6.07) is 11.5. The lowest BCUT2D eigenvalue weighted by atomic mass is 10.1. The Bertz CT molecular complexity index is 688. The molecule has 0 N–H and O–H groups in total. The van der Waals surface area contributed by atoms with Crippen molar-refractivity contribution in [3.63, 3.8) is 0 Å². The van der Waals surface area contributed by atoms with Crippen LogP contribution >= 0.6 is 11.3 Å². The molecule has 2 heterocycles. The van der Waals surface area contributed by atoms with E-state index in [9.17, 15) is 9.59 Å². The Morgan fingerprint density at radius 3 is 2.79 bits per heavy atom. The topological polar surface area (TPSA) is 49.9 Å². The summed E-state index contributed by atoms with van der Waals surface area (Å²) in [5, 5.41) is 3.89. The first kappa shape index (κ1) is 16.5. The molecule has 6 heteroatoms. The van der Waals surface area contributed by atoms with Crippen molar-refractivity contribution < 1.29 is 14.3 Å². The standard InChI is InChI=1S/C18H20N2O3S/c1-19(16-8-10-24-13-16)17(21)15-7-9-20(11-15)18(22)23-12-14-5-3-2-4-6-14/h2-6,8,10,13,15H,7,9,11-12H2,1H3.